The smallest absolute Gasteiger partial charge is 0.192 e. The van der Waals surface area contributed by atoms with Gasteiger partial charge in [-0.1, -0.05) is 57.7 Å². The Hall–Kier alpha value is -0.903. The predicted octanol–water partition coefficient (Wildman–Crippen LogP) is 4.56. The molecule has 0 amide bonds. The molecule has 0 aliphatic heterocycles. The van der Waals surface area contributed by atoms with Gasteiger partial charge in [-0.2, -0.15) is 0 Å². The Morgan fingerprint density at radius 3 is 2.29 bits per heavy atom. The van der Waals surface area contributed by atoms with E-state index in [0.717, 1.165) is 18.4 Å². The van der Waals surface area contributed by atoms with Gasteiger partial charge in [0.2, 0.25) is 0 Å². The highest BCUT2D eigenvalue weighted by molar-refractivity contribution is 6.74. The lowest BCUT2D eigenvalue weighted by atomic mass is 10.0. The first-order valence-corrected chi connectivity index (χ1v) is 10.6. The molecule has 118 valence electrons. The molecule has 1 atom stereocenters. The third-order valence-electron chi connectivity index (χ3n) is 4.44. The van der Waals surface area contributed by atoms with Crippen molar-refractivity contribution in [1.82, 2.24) is 0 Å². The van der Waals surface area contributed by atoms with Crippen molar-refractivity contribution in [1.29, 1.82) is 0 Å². The molecule has 0 spiro atoms. The van der Waals surface area contributed by atoms with E-state index < -0.39 is 8.32 Å². The monoisotopic (exact) mass is 306 g/mol. The highest BCUT2D eigenvalue weighted by Gasteiger charge is 2.39. The maximum atomic E-state index is 9.44. The van der Waals surface area contributed by atoms with Crippen molar-refractivity contribution in [2.75, 3.05) is 6.61 Å². The number of rotatable bonds is 7. The van der Waals surface area contributed by atoms with Gasteiger partial charge < -0.3 is 9.53 Å². The zero-order chi connectivity index (χ0) is 16.1. The fourth-order valence-corrected chi connectivity index (χ4v) is 3.27. The first-order chi connectivity index (χ1) is 9.67. The van der Waals surface area contributed by atoms with Crippen LogP contribution in [-0.4, -0.2) is 26.1 Å². The maximum Gasteiger partial charge on any atom is 0.192 e. The van der Waals surface area contributed by atoms with Crippen molar-refractivity contribution >= 4 is 8.32 Å². The third-order valence-corrected chi connectivity index (χ3v) is 8.93. The maximum absolute atomic E-state index is 9.44. The van der Waals surface area contributed by atoms with E-state index in [9.17, 15) is 5.11 Å². The molecule has 21 heavy (non-hydrogen) atoms. The molecule has 0 bridgehead atoms. The van der Waals surface area contributed by atoms with E-state index in [1.165, 1.54) is 5.56 Å². The van der Waals surface area contributed by atoms with E-state index in [2.05, 4.69) is 64.7 Å². The summed E-state index contributed by atoms with van der Waals surface area (Å²) in [4.78, 5) is 0. The van der Waals surface area contributed by atoms with Crippen molar-refractivity contribution in [2.45, 2.75) is 57.8 Å². The summed E-state index contributed by atoms with van der Waals surface area (Å²) in [6.45, 7) is 15.2. The Morgan fingerprint density at radius 1 is 1.24 bits per heavy atom. The van der Waals surface area contributed by atoms with Gasteiger partial charge in [0.1, 0.15) is 0 Å². The lowest BCUT2D eigenvalue weighted by Crippen LogP contribution is -2.44. The standard InChI is InChI=1S/C18H30O2Si/c1-15(14-19)17(20-21(5,6)18(2,3)4)13-12-16-10-8-7-9-11-16/h7-11,17,19H,1,12-14H2,2-6H3. The second-order valence-corrected chi connectivity index (χ2v) is 12.0. The number of hydrogen-bond acceptors (Lipinski definition) is 2. The molecule has 1 rings (SSSR count). The number of aliphatic hydroxyl groups excluding tert-OH is 1. The molecule has 1 unspecified atom stereocenters. The van der Waals surface area contributed by atoms with Crippen molar-refractivity contribution in [3.63, 3.8) is 0 Å². The zero-order valence-corrected chi connectivity index (χ0v) is 15.1. The summed E-state index contributed by atoms with van der Waals surface area (Å²) in [6, 6.07) is 10.4. The van der Waals surface area contributed by atoms with Gasteiger partial charge in [-0.05, 0) is 42.1 Å². The fourth-order valence-electron chi connectivity index (χ4n) is 1.92. The summed E-state index contributed by atoms with van der Waals surface area (Å²) in [5.41, 5.74) is 2.09. The van der Waals surface area contributed by atoms with Crippen molar-refractivity contribution in [2.24, 2.45) is 0 Å². The summed E-state index contributed by atoms with van der Waals surface area (Å²) in [7, 11) is -1.86. The predicted molar refractivity (Wildman–Crippen MR) is 93.1 cm³/mol. The normalized spacial score (nSPS) is 14.0. The van der Waals surface area contributed by atoms with Crippen LogP contribution < -0.4 is 0 Å². The van der Waals surface area contributed by atoms with Crippen LogP contribution in [0.1, 0.15) is 32.8 Å². The molecule has 0 aliphatic rings. The highest BCUT2D eigenvalue weighted by Crippen LogP contribution is 2.38. The van der Waals surface area contributed by atoms with Gasteiger partial charge in [-0.25, -0.2) is 0 Å². The topological polar surface area (TPSA) is 29.5 Å². The van der Waals surface area contributed by atoms with Gasteiger partial charge in [-0.15, -0.1) is 0 Å². The number of hydrogen-bond donors (Lipinski definition) is 1. The van der Waals surface area contributed by atoms with Crippen molar-refractivity contribution in [3.05, 3.63) is 48.0 Å². The minimum Gasteiger partial charge on any atom is -0.410 e. The van der Waals surface area contributed by atoms with Gasteiger partial charge in [0.15, 0.2) is 8.32 Å². The Bertz CT molecular complexity index is 446. The quantitative estimate of drug-likeness (QED) is 0.591. The number of aliphatic hydroxyl groups is 1. The fraction of sp³-hybridized carbons (Fsp3) is 0.556. The van der Waals surface area contributed by atoms with Crippen LogP contribution in [0.4, 0.5) is 0 Å². The van der Waals surface area contributed by atoms with Gasteiger partial charge >= 0.3 is 0 Å². The molecule has 1 aromatic rings. The second-order valence-electron chi connectivity index (χ2n) is 7.21. The molecule has 1 N–H and O–H groups in total. The molecule has 0 radical (unpaired) electrons. The van der Waals surface area contributed by atoms with Gasteiger partial charge in [0.05, 0.1) is 12.7 Å². The molecule has 0 fully saturated rings. The lowest BCUT2D eigenvalue weighted by molar-refractivity contribution is 0.184. The van der Waals surface area contributed by atoms with E-state index in [1.54, 1.807) is 0 Å². The van der Waals surface area contributed by atoms with Crippen LogP contribution in [0.3, 0.4) is 0 Å². The second kappa shape index (κ2) is 7.39. The van der Waals surface area contributed by atoms with E-state index in [1.807, 2.05) is 6.07 Å². The van der Waals surface area contributed by atoms with Crippen LogP contribution >= 0.6 is 0 Å². The summed E-state index contributed by atoms with van der Waals surface area (Å²) in [5, 5.41) is 9.60. The Kier molecular flexibility index (Phi) is 6.38. The van der Waals surface area contributed by atoms with Crippen LogP contribution in [0.5, 0.6) is 0 Å². The largest absolute Gasteiger partial charge is 0.410 e. The minimum absolute atomic E-state index is 0.00587. The molecule has 1 aromatic carbocycles. The van der Waals surface area contributed by atoms with Gasteiger partial charge in [0, 0.05) is 0 Å². The van der Waals surface area contributed by atoms with Crippen LogP contribution in [0.15, 0.2) is 42.5 Å². The van der Waals surface area contributed by atoms with E-state index in [-0.39, 0.29) is 17.7 Å². The molecule has 2 nitrogen and oxygen atoms in total. The summed E-state index contributed by atoms with van der Waals surface area (Å²) >= 11 is 0. The number of aryl methyl sites for hydroxylation is 1. The van der Waals surface area contributed by atoms with Crippen molar-refractivity contribution in [3.8, 4) is 0 Å². The lowest BCUT2D eigenvalue weighted by Gasteiger charge is -2.39. The third kappa shape index (κ3) is 5.42. The van der Waals surface area contributed by atoms with E-state index in [4.69, 9.17) is 4.43 Å². The SMILES string of the molecule is C=C(CO)C(CCc1ccccc1)O[Si](C)(C)C(C)(C)C. The van der Waals surface area contributed by atoms with Gasteiger partial charge in [-0.3, -0.25) is 0 Å². The molecule has 0 aromatic heterocycles. The summed E-state index contributed by atoms with van der Waals surface area (Å²) in [5.74, 6) is 0. The Balaban J connectivity index is 2.75. The highest BCUT2D eigenvalue weighted by atomic mass is 28.4. The van der Waals surface area contributed by atoms with Gasteiger partial charge in [0.25, 0.3) is 0 Å². The Morgan fingerprint density at radius 2 is 1.81 bits per heavy atom. The van der Waals surface area contributed by atoms with Crippen LogP contribution in [0.25, 0.3) is 0 Å². The first kappa shape index (κ1) is 18.1. The minimum atomic E-state index is -1.86. The van der Waals surface area contributed by atoms with E-state index >= 15 is 0 Å². The van der Waals surface area contributed by atoms with E-state index in [0.29, 0.717) is 0 Å². The zero-order valence-electron chi connectivity index (χ0n) is 14.1. The number of benzene rings is 1. The summed E-state index contributed by atoms with van der Waals surface area (Å²) in [6.07, 6.45) is 1.76. The molecule has 0 heterocycles. The Labute approximate surface area is 131 Å². The molecule has 0 aliphatic carbocycles. The first-order valence-electron chi connectivity index (χ1n) is 7.67. The molecule has 0 saturated heterocycles. The van der Waals surface area contributed by atoms with Crippen molar-refractivity contribution < 1.29 is 9.53 Å². The van der Waals surface area contributed by atoms with Crippen LogP contribution in [0, 0.1) is 0 Å². The van der Waals surface area contributed by atoms with Crippen LogP contribution in [-0.2, 0) is 10.8 Å². The molecular weight excluding hydrogens is 276 g/mol. The van der Waals surface area contributed by atoms with Crippen LogP contribution in [0.2, 0.25) is 18.1 Å². The average Bonchev–Trinajstić information content (AvgIpc) is 2.42. The molecule has 0 saturated carbocycles. The summed E-state index contributed by atoms with van der Waals surface area (Å²) < 4.78 is 6.46. The average molecular weight is 307 g/mol. The molecular formula is C18H30O2Si. The molecule has 3 heteroatoms.